The highest BCUT2D eigenvalue weighted by atomic mass is 19.4. The zero-order valence-corrected chi connectivity index (χ0v) is 12.8. The summed E-state index contributed by atoms with van der Waals surface area (Å²) in [5.74, 6) is 0. The third-order valence-corrected chi connectivity index (χ3v) is 4.44. The molecular formula is C18H19F3N2. The molecule has 0 aromatic heterocycles. The summed E-state index contributed by atoms with van der Waals surface area (Å²) in [7, 11) is 0. The molecule has 2 unspecified atom stereocenters. The van der Waals surface area contributed by atoms with Crippen LogP contribution in [0.1, 0.15) is 29.7 Å². The summed E-state index contributed by atoms with van der Waals surface area (Å²) in [5.41, 5.74) is 7.68. The minimum atomic E-state index is -4.38. The van der Waals surface area contributed by atoms with Gasteiger partial charge in [-0.15, -0.1) is 0 Å². The number of fused-ring (bicyclic) bond motifs is 1. The predicted octanol–water partition coefficient (Wildman–Crippen LogP) is 4.16. The van der Waals surface area contributed by atoms with Crippen LogP contribution in [0.5, 0.6) is 0 Å². The minimum absolute atomic E-state index is 0.113. The molecule has 2 N–H and O–H groups in total. The van der Waals surface area contributed by atoms with Crippen LogP contribution in [-0.2, 0) is 12.6 Å². The highest BCUT2D eigenvalue weighted by molar-refractivity contribution is 5.61. The lowest BCUT2D eigenvalue weighted by Gasteiger charge is -2.35. The van der Waals surface area contributed by atoms with Crippen molar-refractivity contribution in [2.24, 2.45) is 5.73 Å². The molecule has 5 heteroatoms. The Hall–Kier alpha value is -2.01. The standard InChI is InChI=1S/C18H19F3N2/c1-12-10-13-6-2-5-9-16(13)23(12)17(11-22)14-7-3-4-8-15(14)18(19,20)21/h2-9,12,17H,10-11,22H2,1H3. The Morgan fingerprint density at radius 1 is 1.13 bits per heavy atom. The molecule has 1 heterocycles. The second-order valence-electron chi connectivity index (χ2n) is 5.93. The molecule has 23 heavy (non-hydrogen) atoms. The van der Waals surface area contributed by atoms with Crippen molar-refractivity contribution in [2.45, 2.75) is 31.6 Å². The summed E-state index contributed by atoms with van der Waals surface area (Å²) < 4.78 is 40.1. The fourth-order valence-corrected chi connectivity index (χ4v) is 3.50. The van der Waals surface area contributed by atoms with E-state index in [0.29, 0.717) is 0 Å². The summed E-state index contributed by atoms with van der Waals surface area (Å²) in [5, 5.41) is 0. The second-order valence-corrected chi connectivity index (χ2v) is 5.93. The van der Waals surface area contributed by atoms with E-state index in [9.17, 15) is 13.2 Å². The van der Waals surface area contributed by atoms with E-state index in [1.165, 1.54) is 12.1 Å². The number of nitrogens with zero attached hydrogens (tertiary/aromatic N) is 1. The largest absolute Gasteiger partial charge is 0.416 e. The number of hydrogen-bond acceptors (Lipinski definition) is 2. The Morgan fingerprint density at radius 2 is 1.78 bits per heavy atom. The van der Waals surface area contributed by atoms with Crippen LogP contribution in [0.2, 0.25) is 0 Å². The third kappa shape index (κ3) is 2.81. The fourth-order valence-electron chi connectivity index (χ4n) is 3.50. The maximum absolute atomic E-state index is 13.4. The van der Waals surface area contributed by atoms with Crippen LogP contribution in [0.3, 0.4) is 0 Å². The first kappa shape index (κ1) is 15.9. The quantitative estimate of drug-likeness (QED) is 0.920. The molecule has 2 aromatic carbocycles. The van der Waals surface area contributed by atoms with Crippen LogP contribution in [0.25, 0.3) is 0 Å². The highest BCUT2D eigenvalue weighted by Gasteiger charge is 2.38. The first-order valence-corrected chi connectivity index (χ1v) is 7.66. The topological polar surface area (TPSA) is 29.3 Å². The number of alkyl halides is 3. The molecule has 0 radical (unpaired) electrons. The van der Waals surface area contributed by atoms with E-state index in [2.05, 4.69) is 0 Å². The Morgan fingerprint density at radius 3 is 2.48 bits per heavy atom. The van der Waals surface area contributed by atoms with Gasteiger partial charge in [0.1, 0.15) is 0 Å². The Kier molecular flexibility index (Phi) is 4.06. The van der Waals surface area contributed by atoms with Gasteiger partial charge in [0.2, 0.25) is 0 Å². The molecule has 0 aliphatic carbocycles. The molecule has 2 nitrogen and oxygen atoms in total. The first-order chi connectivity index (χ1) is 10.9. The van der Waals surface area contributed by atoms with E-state index >= 15 is 0 Å². The fraction of sp³-hybridized carbons (Fsp3) is 0.333. The molecule has 1 aliphatic rings. The minimum Gasteiger partial charge on any atom is -0.360 e. The van der Waals surface area contributed by atoms with Gasteiger partial charge in [-0.1, -0.05) is 36.4 Å². The molecule has 0 fully saturated rings. The van der Waals surface area contributed by atoms with E-state index in [1.54, 1.807) is 6.07 Å². The van der Waals surface area contributed by atoms with Crippen LogP contribution in [0.4, 0.5) is 18.9 Å². The van der Waals surface area contributed by atoms with E-state index in [-0.39, 0.29) is 18.2 Å². The molecule has 122 valence electrons. The Bertz CT molecular complexity index is 697. The van der Waals surface area contributed by atoms with Gasteiger partial charge in [-0.25, -0.2) is 0 Å². The molecule has 0 amide bonds. The monoisotopic (exact) mass is 320 g/mol. The SMILES string of the molecule is CC1Cc2ccccc2N1C(CN)c1ccccc1C(F)(F)F. The summed E-state index contributed by atoms with van der Waals surface area (Å²) >= 11 is 0. The molecule has 0 saturated carbocycles. The third-order valence-electron chi connectivity index (χ3n) is 4.44. The highest BCUT2D eigenvalue weighted by Crippen LogP contribution is 2.42. The lowest BCUT2D eigenvalue weighted by molar-refractivity contribution is -0.138. The van der Waals surface area contributed by atoms with E-state index < -0.39 is 17.8 Å². The molecular weight excluding hydrogens is 301 g/mol. The van der Waals surface area contributed by atoms with E-state index in [4.69, 9.17) is 5.73 Å². The smallest absolute Gasteiger partial charge is 0.360 e. The molecule has 0 bridgehead atoms. The van der Waals surface area contributed by atoms with E-state index in [1.807, 2.05) is 36.1 Å². The van der Waals surface area contributed by atoms with Gasteiger partial charge in [-0.05, 0) is 36.6 Å². The molecule has 2 atom stereocenters. The predicted molar refractivity (Wildman–Crippen MR) is 85.3 cm³/mol. The van der Waals surface area contributed by atoms with Crippen molar-refractivity contribution in [1.29, 1.82) is 0 Å². The summed E-state index contributed by atoms with van der Waals surface area (Å²) in [6.45, 7) is 2.16. The summed E-state index contributed by atoms with van der Waals surface area (Å²) in [6, 6.07) is 13.2. The molecule has 0 spiro atoms. The zero-order chi connectivity index (χ0) is 16.6. The number of nitrogens with two attached hydrogens (primary N) is 1. The molecule has 1 aliphatic heterocycles. The van der Waals surface area contributed by atoms with Gasteiger partial charge in [0.05, 0.1) is 11.6 Å². The van der Waals surface area contributed by atoms with Crippen LogP contribution < -0.4 is 10.6 Å². The van der Waals surface area contributed by atoms with E-state index in [0.717, 1.165) is 23.7 Å². The van der Waals surface area contributed by atoms with Gasteiger partial charge in [0.15, 0.2) is 0 Å². The maximum Gasteiger partial charge on any atom is 0.416 e. The van der Waals surface area contributed by atoms with Crippen LogP contribution in [-0.4, -0.2) is 12.6 Å². The maximum atomic E-state index is 13.4. The first-order valence-electron chi connectivity index (χ1n) is 7.66. The number of rotatable bonds is 3. The number of benzene rings is 2. The van der Waals surface area contributed by atoms with Crippen molar-refractivity contribution in [3.05, 3.63) is 65.2 Å². The van der Waals surface area contributed by atoms with Crippen molar-refractivity contribution in [1.82, 2.24) is 0 Å². The van der Waals surface area contributed by atoms with Crippen molar-refractivity contribution in [3.8, 4) is 0 Å². The van der Waals surface area contributed by atoms with Gasteiger partial charge < -0.3 is 10.6 Å². The van der Waals surface area contributed by atoms with Crippen molar-refractivity contribution in [3.63, 3.8) is 0 Å². The normalized spacial score (nSPS) is 18.8. The Balaban J connectivity index is 2.09. The van der Waals surface area contributed by atoms with Crippen LogP contribution in [0, 0.1) is 0 Å². The number of hydrogen-bond donors (Lipinski definition) is 1. The number of anilines is 1. The van der Waals surface area contributed by atoms with Crippen molar-refractivity contribution in [2.75, 3.05) is 11.4 Å². The number of halogens is 3. The van der Waals surface area contributed by atoms with Crippen LogP contribution in [0.15, 0.2) is 48.5 Å². The molecule has 0 saturated heterocycles. The average Bonchev–Trinajstić information content (AvgIpc) is 2.84. The zero-order valence-electron chi connectivity index (χ0n) is 12.8. The summed E-state index contributed by atoms with van der Waals surface area (Å²) in [4.78, 5) is 2.03. The van der Waals surface area contributed by atoms with Gasteiger partial charge in [0, 0.05) is 18.3 Å². The summed E-state index contributed by atoms with van der Waals surface area (Å²) in [6.07, 6.45) is -3.56. The van der Waals surface area contributed by atoms with Crippen molar-refractivity contribution < 1.29 is 13.2 Å². The van der Waals surface area contributed by atoms with Gasteiger partial charge in [0.25, 0.3) is 0 Å². The van der Waals surface area contributed by atoms with Crippen LogP contribution >= 0.6 is 0 Å². The molecule has 3 rings (SSSR count). The lowest BCUT2D eigenvalue weighted by atomic mass is 9.97. The second kappa shape index (κ2) is 5.89. The number of para-hydroxylation sites is 1. The van der Waals surface area contributed by atoms with Gasteiger partial charge in [-0.3, -0.25) is 0 Å². The Labute approximate surface area is 133 Å². The van der Waals surface area contributed by atoms with Gasteiger partial charge >= 0.3 is 6.18 Å². The van der Waals surface area contributed by atoms with Gasteiger partial charge in [-0.2, -0.15) is 13.2 Å². The van der Waals surface area contributed by atoms with Crippen molar-refractivity contribution >= 4 is 5.69 Å². The lowest BCUT2D eigenvalue weighted by Crippen LogP contribution is -2.38. The molecule has 2 aromatic rings. The average molecular weight is 320 g/mol.